The van der Waals surface area contributed by atoms with Crippen LogP contribution in [0.2, 0.25) is 0 Å². The van der Waals surface area contributed by atoms with Crippen LogP contribution in [0.3, 0.4) is 0 Å². The molecule has 0 aliphatic carbocycles. The monoisotopic (exact) mass is 572 g/mol. The van der Waals surface area contributed by atoms with E-state index in [0.717, 1.165) is 60.5 Å². The molecular formula is C38H28N4O2. The zero-order chi connectivity index (χ0) is 29.9. The fourth-order valence-electron chi connectivity index (χ4n) is 5.52. The molecule has 6 aromatic carbocycles. The number of fused-ring (bicyclic) bond motifs is 2. The number of aromatic nitrogens is 2. The Morgan fingerprint density at radius 1 is 0.682 bits per heavy atom. The highest BCUT2D eigenvalue weighted by atomic mass is 16.5. The maximum absolute atomic E-state index is 6.17. The minimum absolute atomic E-state index is 0.353. The van der Waals surface area contributed by atoms with Crippen molar-refractivity contribution in [3.63, 3.8) is 0 Å². The third-order valence-electron chi connectivity index (χ3n) is 7.75. The number of rotatable bonds is 7. The Hall–Kier alpha value is -5.88. The number of hydrogen-bond donors (Lipinski definition) is 0. The van der Waals surface area contributed by atoms with Crippen molar-refractivity contribution >= 4 is 34.2 Å². The highest BCUT2D eigenvalue weighted by molar-refractivity contribution is 6.07. The summed E-state index contributed by atoms with van der Waals surface area (Å²) in [6.45, 7) is 5.95. The lowest BCUT2D eigenvalue weighted by molar-refractivity contribution is 0.293. The summed E-state index contributed by atoms with van der Waals surface area (Å²) < 4.78 is 12.3. The second-order valence-electron chi connectivity index (χ2n) is 10.5. The molecule has 1 heterocycles. The molecule has 0 fully saturated rings. The average Bonchev–Trinajstić information content (AvgIpc) is 3.56. The summed E-state index contributed by atoms with van der Waals surface area (Å²) in [7, 11) is 0. The molecule has 0 atom stereocenters. The van der Waals surface area contributed by atoms with Gasteiger partial charge in [0.25, 0.3) is 0 Å². The Kier molecular flexibility index (Phi) is 7.22. The summed E-state index contributed by atoms with van der Waals surface area (Å²) in [6, 6.07) is 43.1. The van der Waals surface area contributed by atoms with Gasteiger partial charge < -0.3 is 9.15 Å². The van der Waals surface area contributed by atoms with Crippen molar-refractivity contribution in [1.29, 1.82) is 0 Å². The average molecular weight is 573 g/mol. The van der Waals surface area contributed by atoms with Crippen LogP contribution in [0.1, 0.15) is 16.7 Å². The third-order valence-corrected chi connectivity index (χ3v) is 7.75. The molecule has 6 nitrogen and oxygen atoms in total. The van der Waals surface area contributed by atoms with Crippen LogP contribution >= 0.6 is 0 Å². The zero-order valence-corrected chi connectivity index (χ0v) is 24.1. The second kappa shape index (κ2) is 11.8. The van der Waals surface area contributed by atoms with E-state index in [9.17, 15) is 0 Å². The van der Waals surface area contributed by atoms with Crippen molar-refractivity contribution in [3.8, 4) is 34.0 Å². The first-order valence-electron chi connectivity index (χ1n) is 14.3. The van der Waals surface area contributed by atoms with Gasteiger partial charge in [-0.15, -0.1) is 15.3 Å². The lowest BCUT2D eigenvalue weighted by Gasteiger charge is -2.12. The van der Waals surface area contributed by atoms with Crippen LogP contribution in [0.25, 0.3) is 55.6 Å². The van der Waals surface area contributed by atoms with E-state index >= 15 is 0 Å². The first-order valence-corrected chi connectivity index (χ1v) is 14.3. The molecule has 0 N–H and O–H groups in total. The number of aryl methyl sites for hydroxylation is 1. The minimum Gasteiger partial charge on any atom is -0.471 e. The summed E-state index contributed by atoms with van der Waals surface area (Å²) in [4.78, 5) is 0. The summed E-state index contributed by atoms with van der Waals surface area (Å²) in [5.74, 6) is 1.45. The van der Waals surface area contributed by atoms with Gasteiger partial charge in [0.2, 0.25) is 17.7 Å². The van der Waals surface area contributed by atoms with Gasteiger partial charge in [-0.3, -0.25) is 0 Å². The van der Waals surface area contributed by atoms with Crippen molar-refractivity contribution in [2.45, 2.75) is 13.5 Å². The summed E-state index contributed by atoms with van der Waals surface area (Å²) in [5, 5.41) is 21.1. The largest absolute Gasteiger partial charge is 0.471 e. The summed E-state index contributed by atoms with van der Waals surface area (Å²) in [6.07, 6.45) is 0. The fraction of sp³-hybridized carbons (Fsp3) is 0.0526. The molecule has 0 bridgehead atoms. The molecule has 0 amide bonds. The maximum Gasteiger partial charge on any atom is 0.248 e. The van der Waals surface area contributed by atoms with Crippen LogP contribution in [0, 0.1) is 6.92 Å². The fourth-order valence-corrected chi connectivity index (χ4v) is 5.52. The van der Waals surface area contributed by atoms with Crippen LogP contribution in [0.4, 0.5) is 0 Å². The lowest BCUT2D eigenvalue weighted by Crippen LogP contribution is -2.07. The van der Waals surface area contributed by atoms with E-state index in [-0.39, 0.29) is 0 Å². The Labute approximate surface area is 255 Å². The van der Waals surface area contributed by atoms with Gasteiger partial charge in [-0.2, -0.15) is 5.10 Å². The number of benzene rings is 6. The van der Waals surface area contributed by atoms with Crippen molar-refractivity contribution in [2.75, 3.05) is 0 Å². The first-order chi connectivity index (χ1) is 21.7. The van der Waals surface area contributed by atoms with Gasteiger partial charge in [0.15, 0.2) is 0 Å². The number of nitrogens with zero attached hydrogens (tertiary/aromatic N) is 4. The van der Waals surface area contributed by atoms with Crippen molar-refractivity contribution in [2.24, 2.45) is 10.2 Å². The standard InChI is InChI=1S/C38H28N4O2/c1-25-23-30(21-22-31(25)37-41-42-38(44-37)35-16-8-12-29-10-4-6-14-33(29)35)27-19-17-26(18-20-27)24-43-36(40-39-2)34-15-7-11-28-9-3-5-13-32(28)34/h3-23H,2,24H2,1H3/b40-36-. The van der Waals surface area contributed by atoms with Crippen LogP contribution < -0.4 is 0 Å². The predicted molar refractivity (Wildman–Crippen MR) is 178 cm³/mol. The van der Waals surface area contributed by atoms with E-state index in [0.29, 0.717) is 24.3 Å². The van der Waals surface area contributed by atoms with Crippen molar-refractivity contribution in [3.05, 3.63) is 144 Å². The highest BCUT2D eigenvalue weighted by Crippen LogP contribution is 2.32. The molecule has 0 saturated carbocycles. The Morgan fingerprint density at radius 3 is 2.07 bits per heavy atom. The molecule has 1 aromatic heterocycles. The molecule has 44 heavy (non-hydrogen) atoms. The minimum atomic E-state index is 0.353. The molecule has 0 radical (unpaired) electrons. The molecule has 0 saturated heterocycles. The van der Waals surface area contributed by atoms with Gasteiger partial charge in [0.1, 0.15) is 6.61 Å². The predicted octanol–water partition coefficient (Wildman–Crippen LogP) is 9.26. The van der Waals surface area contributed by atoms with E-state index in [1.807, 2.05) is 54.6 Å². The van der Waals surface area contributed by atoms with Crippen LogP contribution in [-0.4, -0.2) is 22.8 Å². The molecule has 7 rings (SSSR count). The molecule has 0 aliphatic heterocycles. The summed E-state index contributed by atoms with van der Waals surface area (Å²) in [5.41, 5.74) is 6.99. The molecule has 0 aliphatic rings. The Bertz CT molecular complexity index is 2150. The first kappa shape index (κ1) is 27.0. The van der Waals surface area contributed by atoms with Gasteiger partial charge in [0, 0.05) is 23.4 Å². The smallest absolute Gasteiger partial charge is 0.248 e. The molecule has 7 aromatic rings. The van der Waals surface area contributed by atoms with E-state index in [2.05, 4.69) is 107 Å². The van der Waals surface area contributed by atoms with Crippen molar-refractivity contribution < 1.29 is 9.15 Å². The second-order valence-corrected chi connectivity index (χ2v) is 10.5. The third kappa shape index (κ3) is 5.25. The summed E-state index contributed by atoms with van der Waals surface area (Å²) >= 11 is 0. The van der Waals surface area contributed by atoms with Crippen LogP contribution in [0.5, 0.6) is 0 Å². The molecular weight excluding hydrogens is 544 g/mol. The molecule has 6 heteroatoms. The number of hydrogen-bond acceptors (Lipinski definition) is 6. The van der Waals surface area contributed by atoms with E-state index < -0.39 is 0 Å². The quantitative estimate of drug-likeness (QED) is 0.108. The molecule has 0 spiro atoms. The highest BCUT2D eigenvalue weighted by Gasteiger charge is 2.15. The Balaban J connectivity index is 1.08. The normalized spacial score (nSPS) is 11.6. The van der Waals surface area contributed by atoms with Crippen LogP contribution in [-0.2, 0) is 11.3 Å². The van der Waals surface area contributed by atoms with E-state index in [1.54, 1.807) is 0 Å². The number of ether oxygens (including phenoxy) is 1. The van der Waals surface area contributed by atoms with Gasteiger partial charge in [0.05, 0.1) is 0 Å². The van der Waals surface area contributed by atoms with E-state index in [1.165, 1.54) is 0 Å². The van der Waals surface area contributed by atoms with Gasteiger partial charge in [-0.05, 0) is 68.9 Å². The maximum atomic E-state index is 6.17. The zero-order valence-electron chi connectivity index (χ0n) is 24.1. The van der Waals surface area contributed by atoms with Crippen LogP contribution in [0.15, 0.2) is 142 Å². The Morgan fingerprint density at radius 2 is 1.32 bits per heavy atom. The van der Waals surface area contributed by atoms with Gasteiger partial charge in [-0.1, -0.05) is 109 Å². The van der Waals surface area contributed by atoms with Gasteiger partial charge >= 0.3 is 0 Å². The van der Waals surface area contributed by atoms with Gasteiger partial charge in [-0.25, -0.2) is 0 Å². The molecule has 0 unspecified atom stereocenters. The molecule has 212 valence electrons. The topological polar surface area (TPSA) is 72.9 Å². The van der Waals surface area contributed by atoms with E-state index in [4.69, 9.17) is 9.15 Å². The SMILES string of the molecule is C=N/N=C(\OCc1ccc(-c2ccc(-c3nnc(-c4cccc5ccccc45)o3)c(C)c2)cc1)c1cccc2ccccc12. The van der Waals surface area contributed by atoms with Crippen molar-refractivity contribution in [1.82, 2.24) is 10.2 Å². The lowest BCUT2D eigenvalue weighted by atomic mass is 9.99.